The molecule has 0 spiro atoms. The van der Waals surface area contributed by atoms with Crippen LogP contribution in [0.15, 0.2) is 12.1 Å². The smallest absolute Gasteiger partial charge is 0.393 e. The van der Waals surface area contributed by atoms with Gasteiger partial charge in [0, 0.05) is 25.6 Å². The zero-order valence-corrected chi connectivity index (χ0v) is 17.1. The first-order valence-electron chi connectivity index (χ1n) is 9.76. The number of alkyl halides is 3. The van der Waals surface area contributed by atoms with Crippen molar-refractivity contribution in [1.29, 1.82) is 0 Å². The number of nitrogens with one attached hydrogen (secondary N) is 1. The highest BCUT2D eigenvalue weighted by atomic mass is 19.4. The molecular weight excluding hydrogens is 457 g/mol. The lowest BCUT2D eigenvalue weighted by Crippen LogP contribution is -2.40. The first-order valence-corrected chi connectivity index (χ1v) is 9.76. The van der Waals surface area contributed by atoms with Gasteiger partial charge in [-0.2, -0.15) is 18.3 Å². The molecule has 14 heteroatoms. The number of aromatic nitrogens is 2. The second-order valence-corrected chi connectivity index (χ2v) is 7.55. The van der Waals surface area contributed by atoms with E-state index in [1.54, 1.807) is 0 Å². The molecule has 0 radical (unpaired) electrons. The largest absolute Gasteiger partial charge is 0.422 e. The summed E-state index contributed by atoms with van der Waals surface area (Å²) in [6, 6.07) is 0.182. The van der Waals surface area contributed by atoms with E-state index >= 15 is 0 Å². The lowest BCUT2D eigenvalue weighted by Gasteiger charge is -2.27. The van der Waals surface area contributed by atoms with E-state index in [9.17, 15) is 36.6 Å². The molecule has 0 fully saturated rings. The van der Waals surface area contributed by atoms with Crippen LogP contribution in [0.2, 0.25) is 0 Å². The Kier molecular flexibility index (Phi) is 5.74. The minimum absolute atomic E-state index is 0.0854. The van der Waals surface area contributed by atoms with Crippen LogP contribution in [0, 0.1) is 11.6 Å². The van der Waals surface area contributed by atoms with Gasteiger partial charge < -0.3 is 15.3 Å². The van der Waals surface area contributed by atoms with Crippen LogP contribution in [0.5, 0.6) is 0 Å². The molecular formula is C19H18F5N5O4. The minimum atomic E-state index is -5.29. The van der Waals surface area contributed by atoms with Gasteiger partial charge in [0.25, 0.3) is 5.91 Å². The third kappa shape index (κ3) is 4.11. The molecule has 1 aromatic heterocycles. The second-order valence-electron chi connectivity index (χ2n) is 7.55. The van der Waals surface area contributed by atoms with Gasteiger partial charge in [-0.3, -0.25) is 14.3 Å². The molecule has 1 atom stereocenters. The first-order chi connectivity index (χ1) is 15.5. The first kappa shape index (κ1) is 22.9. The van der Waals surface area contributed by atoms with Gasteiger partial charge in [0.05, 0.1) is 31.1 Å². The lowest BCUT2D eigenvalue weighted by atomic mass is 10.0. The summed E-state index contributed by atoms with van der Waals surface area (Å²) in [6.45, 7) is -0.315. The summed E-state index contributed by atoms with van der Waals surface area (Å²) in [5.41, 5.74) is -1.83. The second kappa shape index (κ2) is 8.26. The van der Waals surface area contributed by atoms with E-state index in [-0.39, 0.29) is 38.4 Å². The molecule has 1 aromatic carbocycles. The van der Waals surface area contributed by atoms with Crippen LogP contribution in [-0.4, -0.2) is 63.1 Å². The van der Waals surface area contributed by atoms with E-state index in [0.29, 0.717) is 23.4 Å². The molecule has 0 aliphatic carbocycles. The SMILES string of the molecule is CN1O[C@H](CO)Cn2nc3c(c2C1=O)CN(C(=O)Nc1ccc(F)c(C(F)(F)F)c1F)CC3. The number of amides is 3. The van der Waals surface area contributed by atoms with Crippen molar-refractivity contribution in [3.63, 3.8) is 0 Å². The number of hydrogen-bond donors (Lipinski definition) is 2. The number of anilines is 1. The summed E-state index contributed by atoms with van der Waals surface area (Å²) in [5.74, 6) is -4.28. The molecule has 0 unspecified atom stereocenters. The van der Waals surface area contributed by atoms with E-state index in [1.165, 1.54) is 16.6 Å². The summed E-state index contributed by atoms with van der Waals surface area (Å²) in [4.78, 5) is 31.9. The molecule has 3 heterocycles. The average molecular weight is 475 g/mol. The Bertz CT molecular complexity index is 1120. The van der Waals surface area contributed by atoms with Crippen LogP contribution in [0.1, 0.15) is 27.3 Å². The summed E-state index contributed by atoms with van der Waals surface area (Å²) >= 11 is 0. The van der Waals surface area contributed by atoms with Gasteiger partial charge in [0.2, 0.25) is 0 Å². The van der Waals surface area contributed by atoms with E-state index in [4.69, 9.17) is 4.84 Å². The standard InChI is InChI=1S/C19H18F5N5O4/c1-27-17(31)16-10-7-28(5-4-12(10)26-29(16)6-9(8-30)33-27)18(32)25-13-3-2-11(20)14(15(13)21)19(22,23)24/h2-3,9,30H,4-8H2,1H3,(H,25,32)/t9-/m0/s1. The molecule has 9 nitrogen and oxygen atoms in total. The van der Waals surface area contributed by atoms with Gasteiger partial charge >= 0.3 is 12.2 Å². The molecule has 3 amide bonds. The number of benzene rings is 1. The van der Waals surface area contributed by atoms with Crippen molar-refractivity contribution in [1.82, 2.24) is 19.7 Å². The monoisotopic (exact) mass is 475 g/mol. The molecule has 0 saturated carbocycles. The van der Waals surface area contributed by atoms with Crippen molar-refractivity contribution >= 4 is 17.6 Å². The molecule has 178 valence electrons. The Morgan fingerprint density at radius 1 is 1.33 bits per heavy atom. The Hall–Kier alpha value is -3.26. The Labute approximate surface area is 183 Å². The zero-order chi connectivity index (χ0) is 24.1. The van der Waals surface area contributed by atoms with E-state index in [2.05, 4.69) is 5.10 Å². The fraction of sp³-hybridized carbons (Fsp3) is 0.421. The molecule has 33 heavy (non-hydrogen) atoms. The van der Waals surface area contributed by atoms with E-state index in [1.807, 2.05) is 5.32 Å². The van der Waals surface area contributed by atoms with Gasteiger partial charge in [0.1, 0.15) is 23.2 Å². The molecule has 0 bridgehead atoms. The highest BCUT2D eigenvalue weighted by molar-refractivity contribution is 5.94. The Morgan fingerprint density at radius 3 is 2.73 bits per heavy atom. The van der Waals surface area contributed by atoms with Gasteiger partial charge in [-0.1, -0.05) is 0 Å². The predicted octanol–water partition coefficient (Wildman–Crippen LogP) is 2.15. The third-order valence-corrected chi connectivity index (χ3v) is 5.38. The molecule has 2 aliphatic rings. The maximum atomic E-state index is 14.3. The Balaban J connectivity index is 1.59. The highest BCUT2D eigenvalue weighted by Crippen LogP contribution is 2.36. The van der Waals surface area contributed by atoms with Crippen LogP contribution in [0.25, 0.3) is 0 Å². The number of rotatable bonds is 2. The molecule has 2 aromatic rings. The normalized spacial score (nSPS) is 18.6. The average Bonchev–Trinajstić information content (AvgIpc) is 3.04. The molecule has 0 saturated heterocycles. The summed E-state index contributed by atoms with van der Waals surface area (Å²) < 4.78 is 68.0. The topological polar surface area (TPSA) is 99.9 Å². The number of hydroxylamine groups is 2. The van der Waals surface area contributed by atoms with Crippen molar-refractivity contribution in [2.75, 3.05) is 25.5 Å². The number of carbonyl (C=O) groups is 2. The van der Waals surface area contributed by atoms with Crippen LogP contribution < -0.4 is 5.32 Å². The third-order valence-electron chi connectivity index (χ3n) is 5.38. The van der Waals surface area contributed by atoms with Crippen LogP contribution in [-0.2, 0) is 30.5 Å². The van der Waals surface area contributed by atoms with Crippen molar-refractivity contribution in [3.8, 4) is 0 Å². The summed E-state index contributed by atoms with van der Waals surface area (Å²) in [7, 11) is 1.36. The number of nitrogens with zero attached hydrogens (tertiary/aromatic N) is 4. The number of halogens is 5. The lowest BCUT2D eigenvalue weighted by molar-refractivity contribution is -0.159. The fourth-order valence-corrected chi connectivity index (χ4v) is 3.81. The molecule has 4 rings (SSSR count). The number of carbonyl (C=O) groups excluding carboxylic acids is 2. The summed E-state index contributed by atoms with van der Waals surface area (Å²) in [6.07, 6.45) is -5.78. The number of hydrogen-bond acceptors (Lipinski definition) is 5. The Morgan fingerprint density at radius 2 is 2.06 bits per heavy atom. The highest BCUT2D eigenvalue weighted by Gasteiger charge is 2.39. The van der Waals surface area contributed by atoms with Gasteiger partial charge in [-0.15, -0.1) is 0 Å². The van der Waals surface area contributed by atoms with E-state index in [0.717, 1.165) is 5.06 Å². The fourth-order valence-electron chi connectivity index (χ4n) is 3.81. The van der Waals surface area contributed by atoms with Crippen molar-refractivity contribution < 1.29 is 41.5 Å². The molecule has 2 aliphatic heterocycles. The zero-order valence-electron chi connectivity index (χ0n) is 17.1. The maximum Gasteiger partial charge on any atom is 0.422 e. The van der Waals surface area contributed by atoms with Gasteiger partial charge in [0.15, 0.2) is 5.82 Å². The van der Waals surface area contributed by atoms with E-state index < -0.39 is 47.1 Å². The van der Waals surface area contributed by atoms with Crippen molar-refractivity contribution in [2.24, 2.45) is 0 Å². The van der Waals surface area contributed by atoms with Crippen LogP contribution >= 0.6 is 0 Å². The van der Waals surface area contributed by atoms with Gasteiger partial charge in [-0.05, 0) is 12.1 Å². The van der Waals surface area contributed by atoms with Gasteiger partial charge in [-0.25, -0.2) is 18.6 Å². The number of aliphatic hydroxyl groups excluding tert-OH is 1. The maximum absolute atomic E-state index is 14.3. The number of urea groups is 1. The number of aliphatic hydroxyl groups is 1. The molecule has 2 N–H and O–H groups in total. The van der Waals surface area contributed by atoms with Crippen molar-refractivity contribution in [3.05, 3.63) is 46.3 Å². The predicted molar refractivity (Wildman–Crippen MR) is 101 cm³/mol. The summed E-state index contributed by atoms with van der Waals surface area (Å²) in [5, 5.41) is 16.8. The number of fused-ring (bicyclic) bond motifs is 3. The van der Waals surface area contributed by atoms with Crippen molar-refractivity contribution in [2.45, 2.75) is 31.8 Å². The van der Waals surface area contributed by atoms with Crippen LogP contribution in [0.3, 0.4) is 0 Å². The van der Waals surface area contributed by atoms with Crippen LogP contribution in [0.4, 0.5) is 32.4 Å². The minimum Gasteiger partial charge on any atom is -0.393 e. The quantitative estimate of drug-likeness (QED) is 0.649.